The lowest BCUT2D eigenvalue weighted by Gasteiger charge is -2.36. The summed E-state index contributed by atoms with van der Waals surface area (Å²) in [6.07, 6.45) is 7.77. The first kappa shape index (κ1) is 26.7. The monoisotopic (exact) mass is 576 g/mol. The number of nitrogens with zero attached hydrogens (tertiary/aromatic N) is 6. The van der Waals surface area contributed by atoms with E-state index in [2.05, 4.69) is 24.9 Å². The minimum atomic E-state index is -1.48. The molecule has 1 aliphatic heterocycles. The summed E-state index contributed by atoms with van der Waals surface area (Å²) < 4.78 is 1.58. The van der Waals surface area contributed by atoms with Crippen LogP contribution in [0.4, 0.5) is 0 Å². The average Bonchev–Trinajstić information content (AvgIpc) is 3.44. The Morgan fingerprint density at radius 1 is 0.977 bits per heavy atom. The third-order valence-electron chi connectivity index (χ3n) is 8.04. The Kier molecular flexibility index (Phi) is 6.17. The zero-order chi connectivity index (χ0) is 29.9. The number of fused-ring (bicyclic) bond motifs is 4. The van der Waals surface area contributed by atoms with E-state index in [-0.39, 0.29) is 17.3 Å². The number of H-pyrrole nitrogens is 2. The van der Waals surface area contributed by atoms with Crippen molar-refractivity contribution in [2.45, 2.75) is 38.3 Å². The van der Waals surface area contributed by atoms with E-state index in [1.54, 1.807) is 21.9 Å². The summed E-state index contributed by atoms with van der Waals surface area (Å²) in [7, 11) is 0. The molecule has 0 aromatic carbocycles. The van der Waals surface area contributed by atoms with Gasteiger partial charge in [0.25, 0.3) is 11.5 Å². The first-order valence-corrected chi connectivity index (χ1v) is 14.0. The highest BCUT2D eigenvalue weighted by atomic mass is 16.3. The van der Waals surface area contributed by atoms with Gasteiger partial charge in [-0.3, -0.25) is 29.1 Å². The van der Waals surface area contributed by atoms with Crippen LogP contribution in [0.1, 0.15) is 32.7 Å². The Bertz CT molecular complexity index is 2150. The number of piperidine rings is 1. The van der Waals surface area contributed by atoms with Crippen LogP contribution in [0.2, 0.25) is 0 Å². The highest BCUT2D eigenvalue weighted by molar-refractivity contribution is 6.01. The molecule has 1 fully saturated rings. The molecule has 0 radical (unpaired) electrons. The molecule has 1 amide bonds. The molecule has 7 rings (SSSR count). The number of nitrogens with one attached hydrogen (secondary N) is 2. The molecular formula is C31H28N8O4. The average molecular weight is 577 g/mol. The van der Waals surface area contributed by atoms with Gasteiger partial charge in [-0.2, -0.15) is 0 Å². The summed E-state index contributed by atoms with van der Waals surface area (Å²) in [5.74, 6) is -0.355. The summed E-state index contributed by atoms with van der Waals surface area (Å²) in [5.41, 5.74) is 2.72. The quantitative estimate of drug-likeness (QED) is 0.270. The van der Waals surface area contributed by atoms with E-state index in [0.29, 0.717) is 48.2 Å². The zero-order valence-corrected chi connectivity index (χ0v) is 23.5. The van der Waals surface area contributed by atoms with E-state index in [0.717, 1.165) is 27.9 Å². The lowest BCUT2D eigenvalue weighted by molar-refractivity contribution is -0.149. The van der Waals surface area contributed by atoms with Crippen molar-refractivity contribution in [2.75, 3.05) is 13.1 Å². The van der Waals surface area contributed by atoms with E-state index >= 15 is 0 Å². The van der Waals surface area contributed by atoms with Gasteiger partial charge in [-0.15, -0.1) is 0 Å². The Labute approximate surface area is 244 Å². The third-order valence-corrected chi connectivity index (χ3v) is 8.04. The predicted molar refractivity (Wildman–Crippen MR) is 161 cm³/mol. The van der Waals surface area contributed by atoms with E-state index in [1.807, 2.05) is 42.6 Å². The second kappa shape index (κ2) is 9.95. The second-order valence-electron chi connectivity index (χ2n) is 11.3. The van der Waals surface area contributed by atoms with Crippen molar-refractivity contribution in [1.82, 2.24) is 39.4 Å². The number of likely N-dealkylation sites (tertiary alicyclic amines) is 1. The van der Waals surface area contributed by atoms with Gasteiger partial charge in [-0.25, -0.2) is 14.8 Å². The Balaban J connectivity index is 1.29. The van der Waals surface area contributed by atoms with Crippen molar-refractivity contribution in [3.05, 3.63) is 82.0 Å². The van der Waals surface area contributed by atoms with Gasteiger partial charge < -0.3 is 15.0 Å². The molecule has 0 saturated carbocycles. The molecule has 6 aromatic rings. The first-order chi connectivity index (χ1) is 20.7. The molecule has 0 spiro atoms. The number of aromatic nitrogens is 7. The number of pyridine rings is 4. The fraction of sp³-hybridized carbons (Fsp3) is 0.258. The fourth-order valence-electron chi connectivity index (χ4n) is 5.89. The lowest BCUT2D eigenvalue weighted by Crippen LogP contribution is -2.49. The van der Waals surface area contributed by atoms with E-state index in [9.17, 15) is 19.5 Å². The molecule has 12 heteroatoms. The zero-order valence-electron chi connectivity index (χ0n) is 23.5. The van der Waals surface area contributed by atoms with Crippen LogP contribution in [-0.4, -0.2) is 69.1 Å². The van der Waals surface area contributed by atoms with Crippen molar-refractivity contribution in [3.63, 3.8) is 0 Å². The first-order valence-electron chi connectivity index (χ1n) is 14.0. The van der Waals surface area contributed by atoms with Gasteiger partial charge in [0.2, 0.25) is 0 Å². The van der Waals surface area contributed by atoms with Crippen LogP contribution in [0.5, 0.6) is 0 Å². The molecule has 7 heterocycles. The number of aromatic amines is 2. The molecule has 0 atom stereocenters. The number of aliphatic hydroxyl groups is 1. The van der Waals surface area contributed by atoms with Gasteiger partial charge in [0.15, 0.2) is 0 Å². The van der Waals surface area contributed by atoms with E-state index in [1.165, 1.54) is 20.0 Å². The number of carbonyl (C=O) groups excluding carboxylic acids is 1. The minimum Gasteiger partial charge on any atom is -0.381 e. The molecule has 1 saturated heterocycles. The number of carbonyl (C=O) groups is 1. The Morgan fingerprint density at radius 3 is 2.51 bits per heavy atom. The highest BCUT2D eigenvalue weighted by Crippen LogP contribution is 2.31. The molecule has 43 heavy (non-hydrogen) atoms. The van der Waals surface area contributed by atoms with Crippen LogP contribution in [0.15, 0.2) is 70.8 Å². The molecular weight excluding hydrogens is 548 g/mol. The van der Waals surface area contributed by atoms with Crippen LogP contribution < -0.4 is 11.2 Å². The number of hydrogen-bond acceptors (Lipinski definition) is 8. The van der Waals surface area contributed by atoms with E-state index < -0.39 is 16.9 Å². The molecule has 12 nitrogen and oxygen atoms in total. The largest absolute Gasteiger partial charge is 0.381 e. The van der Waals surface area contributed by atoms with Gasteiger partial charge in [-0.05, 0) is 63.1 Å². The fourth-order valence-corrected chi connectivity index (χ4v) is 5.89. The van der Waals surface area contributed by atoms with Crippen LogP contribution in [0.25, 0.3) is 55.5 Å². The van der Waals surface area contributed by atoms with Gasteiger partial charge in [0, 0.05) is 60.4 Å². The van der Waals surface area contributed by atoms with Crippen LogP contribution >= 0.6 is 0 Å². The Hall–Kier alpha value is -5.23. The molecule has 216 valence electrons. The van der Waals surface area contributed by atoms with Crippen molar-refractivity contribution in [2.24, 2.45) is 0 Å². The van der Waals surface area contributed by atoms with Crippen LogP contribution in [-0.2, 0) is 4.79 Å². The normalized spacial score (nSPS) is 14.6. The van der Waals surface area contributed by atoms with Gasteiger partial charge in [-0.1, -0.05) is 0 Å². The summed E-state index contributed by atoms with van der Waals surface area (Å²) in [6, 6.07) is 11.1. The van der Waals surface area contributed by atoms with Gasteiger partial charge in [0.05, 0.1) is 27.8 Å². The second-order valence-corrected chi connectivity index (χ2v) is 11.3. The maximum atomic E-state index is 13.3. The summed E-state index contributed by atoms with van der Waals surface area (Å²) in [4.78, 5) is 64.4. The molecule has 0 aliphatic carbocycles. The molecule has 3 N–H and O–H groups in total. The lowest BCUT2D eigenvalue weighted by atomic mass is 10.0. The summed E-state index contributed by atoms with van der Waals surface area (Å²) in [6.45, 7) is 3.67. The maximum absolute atomic E-state index is 13.3. The van der Waals surface area contributed by atoms with Gasteiger partial charge in [0.1, 0.15) is 16.8 Å². The van der Waals surface area contributed by atoms with E-state index in [4.69, 9.17) is 4.98 Å². The van der Waals surface area contributed by atoms with Crippen molar-refractivity contribution >= 4 is 38.9 Å². The molecule has 6 aromatic heterocycles. The number of rotatable bonds is 4. The van der Waals surface area contributed by atoms with Crippen LogP contribution in [0, 0.1) is 0 Å². The van der Waals surface area contributed by atoms with Crippen molar-refractivity contribution < 1.29 is 9.90 Å². The summed E-state index contributed by atoms with van der Waals surface area (Å²) in [5, 5.41) is 11.4. The van der Waals surface area contributed by atoms with Gasteiger partial charge >= 0.3 is 5.69 Å². The topological polar surface area (TPSA) is 163 Å². The van der Waals surface area contributed by atoms with Crippen molar-refractivity contribution in [3.8, 4) is 22.5 Å². The highest BCUT2D eigenvalue weighted by Gasteiger charge is 2.33. The number of hydrogen-bond donors (Lipinski definition) is 3. The van der Waals surface area contributed by atoms with Crippen molar-refractivity contribution in [1.29, 1.82) is 0 Å². The summed E-state index contributed by atoms with van der Waals surface area (Å²) >= 11 is 0. The smallest absolute Gasteiger partial charge is 0.329 e. The predicted octanol–water partition coefficient (Wildman–Crippen LogP) is 3.17. The Morgan fingerprint density at radius 2 is 1.77 bits per heavy atom. The third kappa shape index (κ3) is 4.56. The molecule has 1 aliphatic rings. The maximum Gasteiger partial charge on any atom is 0.329 e. The standard InChI is InChI=1S/C31H28N8O4/c1-31(2,43)29(41)38-12-9-18(10-13-38)39-26-21(28(40)37-30(39)42)16-34-24-8-7-22(36-25(24)26)17-5-6-23(33-14-17)20-15-35-27-19(20)4-3-11-32-27/h3-8,11,14-16,18,43H,9-10,12-13H2,1-2H3,(H,32,35)(H,37,40,42). The van der Waals surface area contributed by atoms with Crippen LogP contribution in [0.3, 0.4) is 0 Å². The molecule has 0 bridgehead atoms. The molecule has 0 unspecified atom stereocenters. The SMILES string of the molecule is CC(C)(O)C(=O)N1CCC(n2c(=O)[nH]c(=O)c3cnc4ccc(-c5ccc(-c6c[nH]c7ncccc67)nc5)nc4c32)CC1. The number of amides is 1. The minimum absolute atomic E-state index is 0.258.